The minimum atomic E-state index is -0.0891. The van der Waals surface area contributed by atoms with Crippen molar-refractivity contribution in [1.82, 2.24) is 0 Å². The monoisotopic (exact) mass is 302 g/mol. The molecule has 0 aliphatic carbocycles. The number of carbonyl (C=O) groups excluding carboxylic acids is 1. The summed E-state index contributed by atoms with van der Waals surface area (Å²) in [6.07, 6.45) is 0. The topological polar surface area (TPSA) is 38.3 Å². The minimum Gasteiger partial charge on any atom is -0.457 e. The SMILES string of the molecule is CC(=O)Nc1cc[c]c(-c2ccc(Oc3ccccc3)cc2)c1. The fourth-order valence-electron chi connectivity index (χ4n) is 2.24. The quantitative estimate of drug-likeness (QED) is 0.744. The Morgan fingerprint density at radius 3 is 2.35 bits per heavy atom. The number of nitrogens with one attached hydrogen (secondary N) is 1. The highest BCUT2D eigenvalue weighted by atomic mass is 16.5. The highest BCUT2D eigenvalue weighted by Gasteiger charge is 2.02. The van der Waals surface area contributed by atoms with Gasteiger partial charge >= 0.3 is 0 Å². The van der Waals surface area contributed by atoms with Gasteiger partial charge in [-0.3, -0.25) is 4.79 Å². The van der Waals surface area contributed by atoms with Gasteiger partial charge in [0, 0.05) is 12.6 Å². The van der Waals surface area contributed by atoms with Gasteiger partial charge in [0.25, 0.3) is 0 Å². The Labute approximate surface area is 135 Å². The van der Waals surface area contributed by atoms with E-state index in [0.29, 0.717) is 0 Å². The van der Waals surface area contributed by atoms with Gasteiger partial charge in [0.05, 0.1) is 0 Å². The van der Waals surface area contributed by atoms with Crippen molar-refractivity contribution in [2.75, 3.05) is 5.32 Å². The number of anilines is 1. The lowest BCUT2D eigenvalue weighted by Crippen LogP contribution is -2.05. The van der Waals surface area contributed by atoms with Crippen LogP contribution in [-0.4, -0.2) is 5.91 Å². The molecule has 1 radical (unpaired) electrons. The molecule has 0 saturated heterocycles. The molecule has 0 unspecified atom stereocenters. The average Bonchev–Trinajstić information content (AvgIpc) is 2.56. The molecular formula is C20H16NO2. The molecule has 3 heteroatoms. The zero-order valence-electron chi connectivity index (χ0n) is 12.7. The van der Waals surface area contributed by atoms with Crippen molar-refractivity contribution < 1.29 is 9.53 Å². The van der Waals surface area contributed by atoms with Crippen LogP contribution in [0.1, 0.15) is 6.92 Å². The molecule has 0 atom stereocenters. The van der Waals surface area contributed by atoms with Crippen LogP contribution >= 0.6 is 0 Å². The lowest BCUT2D eigenvalue weighted by Gasteiger charge is -2.08. The van der Waals surface area contributed by atoms with Crippen LogP contribution in [0.15, 0.2) is 72.8 Å². The van der Waals surface area contributed by atoms with Crippen LogP contribution in [-0.2, 0) is 4.79 Å². The van der Waals surface area contributed by atoms with Crippen molar-refractivity contribution in [1.29, 1.82) is 0 Å². The van der Waals surface area contributed by atoms with Crippen molar-refractivity contribution in [3.8, 4) is 22.6 Å². The molecule has 1 N–H and O–H groups in total. The number of benzene rings is 3. The molecule has 0 heterocycles. The number of rotatable bonds is 4. The number of amides is 1. The molecule has 0 fully saturated rings. The predicted octanol–water partition coefficient (Wildman–Crippen LogP) is 4.90. The average molecular weight is 302 g/mol. The zero-order chi connectivity index (χ0) is 16.1. The predicted molar refractivity (Wildman–Crippen MR) is 91.5 cm³/mol. The molecule has 0 saturated carbocycles. The third-order valence-corrected chi connectivity index (χ3v) is 3.27. The van der Waals surface area contributed by atoms with Crippen LogP contribution in [0.4, 0.5) is 5.69 Å². The van der Waals surface area contributed by atoms with Gasteiger partial charge in [0.15, 0.2) is 0 Å². The second-order valence-corrected chi connectivity index (χ2v) is 5.11. The van der Waals surface area contributed by atoms with E-state index in [9.17, 15) is 4.79 Å². The van der Waals surface area contributed by atoms with E-state index in [-0.39, 0.29) is 5.91 Å². The van der Waals surface area contributed by atoms with Gasteiger partial charge in [0.2, 0.25) is 5.91 Å². The van der Waals surface area contributed by atoms with Gasteiger partial charge in [0.1, 0.15) is 11.5 Å². The lowest BCUT2D eigenvalue weighted by molar-refractivity contribution is -0.114. The van der Waals surface area contributed by atoms with E-state index in [2.05, 4.69) is 11.4 Å². The van der Waals surface area contributed by atoms with Gasteiger partial charge in [-0.2, -0.15) is 0 Å². The van der Waals surface area contributed by atoms with E-state index < -0.39 is 0 Å². The summed E-state index contributed by atoms with van der Waals surface area (Å²) in [4.78, 5) is 11.1. The van der Waals surface area contributed by atoms with Gasteiger partial charge in [-0.25, -0.2) is 0 Å². The Hall–Kier alpha value is -3.07. The van der Waals surface area contributed by atoms with Crippen molar-refractivity contribution in [3.05, 3.63) is 78.9 Å². The molecule has 1 amide bonds. The maximum absolute atomic E-state index is 11.1. The standard InChI is InChI=1S/C20H16NO2/c1-15(22)21-18-7-5-6-17(14-18)16-10-12-20(13-11-16)23-19-8-3-2-4-9-19/h2-5,7-14H,1H3,(H,21,22). The van der Waals surface area contributed by atoms with Gasteiger partial charge in [-0.1, -0.05) is 36.4 Å². The summed E-state index contributed by atoms with van der Waals surface area (Å²) in [6, 6.07) is 26.1. The first-order valence-corrected chi connectivity index (χ1v) is 7.33. The highest BCUT2D eigenvalue weighted by Crippen LogP contribution is 2.26. The molecule has 0 aromatic heterocycles. The van der Waals surface area contributed by atoms with E-state index in [0.717, 1.165) is 28.3 Å². The largest absolute Gasteiger partial charge is 0.457 e. The van der Waals surface area contributed by atoms with E-state index >= 15 is 0 Å². The first-order valence-electron chi connectivity index (χ1n) is 7.33. The molecule has 3 aromatic rings. The van der Waals surface area contributed by atoms with Crippen LogP contribution < -0.4 is 10.1 Å². The van der Waals surface area contributed by atoms with Gasteiger partial charge in [-0.05, 0) is 53.6 Å². The van der Waals surface area contributed by atoms with Crippen LogP contribution in [0.2, 0.25) is 0 Å². The molecule has 3 nitrogen and oxygen atoms in total. The summed E-state index contributed by atoms with van der Waals surface area (Å²) in [7, 11) is 0. The number of para-hydroxylation sites is 1. The smallest absolute Gasteiger partial charge is 0.221 e. The Kier molecular flexibility index (Phi) is 4.39. The van der Waals surface area contributed by atoms with Crippen molar-refractivity contribution in [2.45, 2.75) is 6.92 Å². The second kappa shape index (κ2) is 6.79. The van der Waals surface area contributed by atoms with Crippen molar-refractivity contribution in [2.24, 2.45) is 0 Å². The number of hydrogen-bond acceptors (Lipinski definition) is 2. The first-order chi connectivity index (χ1) is 11.2. The van der Waals surface area contributed by atoms with E-state index in [1.165, 1.54) is 6.92 Å². The van der Waals surface area contributed by atoms with Crippen LogP contribution in [0.5, 0.6) is 11.5 Å². The lowest BCUT2D eigenvalue weighted by atomic mass is 10.0. The normalized spacial score (nSPS) is 10.1. The molecular weight excluding hydrogens is 286 g/mol. The van der Waals surface area contributed by atoms with Gasteiger partial charge in [-0.15, -0.1) is 0 Å². The second-order valence-electron chi connectivity index (χ2n) is 5.11. The fourth-order valence-corrected chi connectivity index (χ4v) is 2.24. The molecule has 0 spiro atoms. The molecule has 0 bridgehead atoms. The summed E-state index contributed by atoms with van der Waals surface area (Å²) in [5.41, 5.74) is 2.69. The Morgan fingerprint density at radius 2 is 1.65 bits per heavy atom. The summed E-state index contributed by atoms with van der Waals surface area (Å²) >= 11 is 0. The number of carbonyl (C=O) groups is 1. The summed E-state index contributed by atoms with van der Waals surface area (Å²) in [5.74, 6) is 1.49. The molecule has 113 valence electrons. The van der Waals surface area contributed by atoms with Crippen LogP contribution in [0.3, 0.4) is 0 Å². The summed E-state index contributed by atoms with van der Waals surface area (Å²) < 4.78 is 5.78. The Bertz CT molecular complexity index is 795. The zero-order valence-corrected chi connectivity index (χ0v) is 12.7. The fraction of sp³-hybridized carbons (Fsp3) is 0.0500. The molecule has 3 rings (SSSR count). The number of ether oxygens (including phenoxy) is 1. The Morgan fingerprint density at radius 1 is 0.957 bits per heavy atom. The van der Waals surface area contributed by atoms with Crippen molar-refractivity contribution >= 4 is 11.6 Å². The Balaban J connectivity index is 1.78. The van der Waals surface area contributed by atoms with Gasteiger partial charge < -0.3 is 10.1 Å². The molecule has 0 aliphatic rings. The molecule has 23 heavy (non-hydrogen) atoms. The third kappa shape index (κ3) is 3.98. The van der Waals surface area contributed by atoms with Crippen LogP contribution in [0, 0.1) is 6.07 Å². The summed E-state index contributed by atoms with van der Waals surface area (Å²) in [6.45, 7) is 1.49. The third-order valence-electron chi connectivity index (χ3n) is 3.27. The minimum absolute atomic E-state index is 0.0891. The first kappa shape index (κ1) is 14.9. The van der Waals surface area contributed by atoms with Crippen LogP contribution in [0.25, 0.3) is 11.1 Å². The van der Waals surface area contributed by atoms with E-state index in [4.69, 9.17) is 4.74 Å². The van der Waals surface area contributed by atoms with Crippen molar-refractivity contribution in [3.63, 3.8) is 0 Å². The van der Waals surface area contributed by atoms with E-state index in [1.807, 2.05) is 66.7 Å². The highest BCUT2D eigenvalue weighted by molar-refractivity contribution is 5.89. The summed E-state index contributed by atoms with van der Waals surface area (Å²) in [5, 5.41) is 2.78. The molecule has 0 aliphatic heterocycles. The molecule has 3 aromatic carbocycles. The maximum Gasteiger partial charge on any atom is 0.221 e. The number of hydrogen-bond donors (Lipinski definition) is 1. The van der Waals surface area contributed by atoms with E-state index in [1.54, 1.807) is 6.07 Å². The maximum atomic E-state index is 11.1.